The van der Waals surface area contributed by atoms with E-state index in [0.29, 0.717) is 34.5 Å². The molecule has 1 N–H and O–H groups in total. The number of Topliss-reactive ketones (excluding diaryl/α,β-unsaturated/α-hetero) is 1. The van der Waals surface area contributed by atoms with Crippen molar-refractivity contribution >= 4 is 29.1 Å². The molecule has 0 aliphatic heterocycles. The molecular weight excluding hydrogens is 400 g/mol. The first-order valence-corrected chi connectivity index (χ1v) is 10.2. The summed E-state index contributed by atoms with van der Waals surface area (Å²) in [4.78, 5) is 23.9. The third kappa shape index (κ3) is 4.96. The molecule has 1 heterocycles. The van der Waals surface area contributed by atoms with Crippen LogP contribution in [0.2, 0.25) is 0 Å². The van der Waals surface area contributed by atoms with E-state index in [2.05, 4.69) is 22.1 Å². The number of para-hydroxylation sites is 1. The van der Waals surface area contributed by atoms with Gasteiger partial charge < -0.3 is 10.1 Å². The average Bonchev–Trinajstić information content (AvgIpc) is 3.15. The molecule has 7 nitrogen and oxygen atoms in total. The van der Waals surface area contributed by atoms with E-state index in [1.54, 1.807) is 37.5 Å². The SMILES string of the molecule is C=CCn1c(SCC(=O)Nc2cccc(C(C)=O)c2)nnc1-c1ccccc1OC. The number of ether oxygens (including phenoxy) is 1. The van der Waals surface area contributed by atoms with Gasteiger partial charge in [0.2, 0.25) is 5.91 Å². The fourth-order valence-corrected chi connectivity index (χ4v) is 3.61. The standard InChI is InChI=1S/C22H22N4O3S/c1-4-12-26-21(18-10-5-6-11-19(18)29-3)24-25-22(26)30-14-20(28)23-17-9-7-8-16(13-17)15(2)27/h4-11,13H,1,12,14H2,2-3H3,(H,23,28). The number of methoxy groups -OCH3 is 1. The number of benzene rings is 2. The summed E-state index contributed by atoms with van der Waals surface area (Å²) in [6.45, 7) is 5.78. The van der Waals surface area contributed by atoms with Crippen LogP contribution in [0.1, 0.15) is 17.3 Å². The van der Waals surface area contributed by atoms with Crippen molar-refractivity contribution < 1.29 is 14.3 Å². The Kier molecular flexibility index (Phi) is 7.03. The highest BCUT2D eigenvalue weighted by Gasteiger charge is 2.17. The van der Waals surface area contributed by atoms with Gasteiger partial charge in [-0.25, -0.2) is 0 Å². The lowest BCUT2D eigenvalue weighted by Crippen LogP contribution is -2.15. The molecular formula is C22H22N4O3S. The summed E-state index contributed by atoms with van der Waals surface area (Å²) < 4.78 is 7.32. The second-order valence-electron chi connectivity index (χ2n) is 6.38. The van der Waals surface area contributed by atoms with E-state index in [4.69, 9.17) is 4.74 Å². The maximum Gasteiger partial charge on any atom is 0.234 e. The van der Waals surface area contributed by atoms with Crippen LogP contribution in [0.5, 0.6) is 5.75 Å². The summed E-state index contributed by atoms with van der Waals surface area (Å²) in [7, 11) is 1.61. The number of carbonyl (C=O) groups excluding carboxylic acids is 2. The number of nitrogens with zero attached hydrogens (tertiary/aromatic N) is 3. The number of nitrogens with one attached hydrogen (secondary N) is 1. The van der Waals surface area contributed by atoms with E-state index in [1.807, 2.05) is 28.8 Å². The maximum absolute atomic E-state index is 12.4. The van der Waals surface area contributed by atoms with Crippen LogP contribution >= 0.6 is 11.8 Å². The Morgan fingerprint density at radius 2 is 2.00 bits per heavy atom. The summed E-state index contributed by atoms with van der Waals surface area (Å²) in [5, 5.41) is 12.0. The molecule has 0 radical (unpaired) electrons. The average molecular weight is 423 g/mol. The zero-order chi connectivity index (χ0) is 21.5. The molecule has 0 aliphatic rings. The summed E-state index contributed by atoms with van der Waals surface area (Å²) in [5.41, 5.74) is 1.94. The fourth-order valence-electron chi connectivity index (χ4n) is 2.86. The first kappa shape index (κ1) is 21.3. The second kappa shape index (κ2) is 9.89. The number of allylic oxidation sites excluding steroid dienone is 1. The highest BCUT2D eigenvalue weighted by Crippen LogP contribution is 2.31. The van der Waals surface area contributed by atoms with Gasteiger partial charge in [-0.3, -0.25) is 14.2 Å². The minimum absolute atomic E-state index is 0.0538. The number of rotatable bonds is 9. The van der Waals surface area contributed by atoms with Crippen LogP contribution in [-0.4, -0.2) is 39.3 Å². The minimum atomic E-state index is -0.201. The molecule has 1 aromatic heterocycles. The fraction of sp³-hybridized carbons (Fsp3) is 0.182. The summed E-state index contributed by atoms with van der Waals surface area (Å²) in [6, 6.07) is 14.4. The Bertz CT molecular complexity index is 1080. The largest absolute Gasteiger partial charge is 0.496 e. The predicted octanol–water partition coefficient (Wildman–Crippen LogP) is 4.07. The van der Waals surface area contributed by atoms with Gasteiger partial charge in [-0.2, -0.15) is 0 Å². The van der Waals surface area contributed by atoms with E-state index in [1.165, 1.54) is 18.7 Å². The topological polar surface area (TPSA) is 86.1 Å². The number of thioether (sulfide) groups is 1. The minimum Gasteiger partial charge on any atom is -0.496 e. The van der Waals surface area contributed by atoms with E-state index in [0.717, 1.165) is 5.56 Å². The lowest BCUT2D eigenvalue weighted by Gasteiger charge is -2.10. The van der Waals surface area contributed by atoms with Crippen LogP contribution in [-0.2, 0) is 11.3 Å². The molecule has 3 rings (SSSR count). The summed E-state index contributed by atoms with van der Waals surface area (Å²) >= 11 is 1.28. The molecule has 0 atom stereocenters. The zero-order valence-corrected chi connectivity index (χ0v) is 17.6. The Morgan fingerprint density at radius 1 is 1.20 bits per heavy atom. The molecule has 0 unspecified atom stereocenters. The molecule has 30 heavy (non-hydrogen) atoms. The van der Waals surface area contributed by atoms with Crippen LogP contribution in [0.4, 0.5) is 5.69 Å². The lowest BCUT2D eigenvalue weighted by molar-refractivity contribution is -0.113. The van der Waals surface area contributed by atoms with Gasteiger partial charge in [0.05, 0.1) is 18.4 Å². The van der Waals surface area contributed by atoms with E-state index in [-0.39, 0.29) is 17.4 Å². The molecule has 0 spiro atoms. The number of anilines is 1. The van der Waals surface area contributed by atoms with Crippen molar-refractivity contribution in [1.82, 2.24) is 14.8 Å². The van der Waals surface area contributed by atoms with Crippen LogP contribution < -0.4 is 10.1 Å². The third-order valence-electron chi connectivity index (χ3n) is 4.26. The molecule has 154 valence electrons. The lowest BCUT2D eigenvalue weighted by atomic mass is 10.1. The predicted molar refractivity (Wildman–Crippen MR) is 118 cm³/mol. The summed E-state index contributed by atoms with van der Waals surface area (Å²) in [5.74, 6) is 1.22. The third-order valence-corrected chi connectivity index (χ3v) is 5.23. The molecule has 0 saturated carbocycles. The van der Waals surface area contributed by atoms with Crippen LogP contribution in [0.15, 0.2) is 66.3 Å². The highest BCUT2D eigenvalue weighted by molar-refractivity contribution is 7.99. The van der Waals surface area contributed by atoms with E-state index < -0.39 is 0 Å². The van der Waals surface area contributed by atoms with Crippen molar-refractivity contribution in [2.45, 2.75) is 18.6 Å². The van der Waals surface area contributed by atoms with Gasteiger partial charge in [0, 0.05) is 17.8 Å². The van der Waals surface area contributed by atoms with Gasteiger partial charge in [0.15, 0.2) is 16.8 Å². The number of ketones is 1. The van der Waals surface area contributed by atoms with Crippen molar-refractivity contribution in [1.29, 1.82) is 0 Å². The highest BCUT2D eigenvalue weighted by atomic mass is 32.2. The monoisotopic (exact) mass is 422 g/mol. The Labute approximate surface area is 179 Å². The Hall–Kier alpha value is -3.39. The number of aromatic nitrogens is 3. The quantitative estimate of drug-likeness (QED) is 0.318. The van der Waals surface area contributed by atoms with Crippen LogP contribution in [0, 0.1) is 0 Å². The van der Waals surface area contributed by atoms with Crippen LogP contribution in [0.25, 0.3) is 11.4 Å². The smallest absolute Gasteiger partial charge is 0.234 e. The number of carbonyl (C=O) groups is 2. The van der Waals surface area contributed by atoms with Crippen molar-refractivity contribution in [3.63, 3.8) is 0 Å². The maximum atomic E-state index is 12.4. The van der Waals surface area contributed by atoms with E-state index >= 15 is 0 Å². The molecule has 1 amide bonds. The van der Waals surface area contributed by atoms with Gasteiger partial charge in [-0.05, 0) is 31.2 Å². The first-order valence-electron chi connectivity index (χ1n) is 9.24. The molecule has 0 saturated heterocycles. The van der Waals surface area contributed by atoms with Crippen molar-refractivity contribution in [2.75, 3.05) is 18.2 Å². The van der Waals surface area contributed by atoms with Gasteiger partial charge in [0.25, 0.3) is 0 Å². The molecule has 2 aromatic carbocycles. The van der Waals surface area contributed by atoms with Crippen molar-refractivity contribution in [3.05, 3.63) is 66.7 Å². The van der Waals surface area contributed by atoms with Gasteiger partial charge in [0.1, 0.15) is 5.75 Å². The number of hydrogen-bond donors (Lipinski definition) is 1. The van der Waals surface area contributed by atoms with E-state index in [9.17, 15) is 9.59 Å². The first-order chi connectivity index (χ1) is 14.5. The summed E-state index contributed by atoms with van der Waals surface area (Å²) in [6.07, 6.45) is 1.75. The number of hydrogen-bond acceptors (Lipinski definition) is 6. The molecule has 3 aromatic rings. The van der Waals surface area contributed by atoms with Crippen molar-refractivity contribution in [2.24, 2.45) is 0 Å². The molecule has 0 fully saturated rings. The second-order valence-corrected chi connectivity index (χ2v) is 7.32. The van der Waals surface area contributed by atoms with Crippen molar-refractivity contribution in [3.8, 4) is 17.1 Å². The Balaban J connectivity index is 1.75. The van der Waals surface area contributed by atoms with Gasteiger partial charge in [-0.1, -0.05) is 42.1 Å². The normalized spacial score (nSPS) is 10.5. The van der Waals surface area contributed by atoms with Gasteiger partial charge in [-0.15, -0.1) is 16.8 Å². The van der Waals surface area contributed by atoms with Crippen LogP contribution in [0.3, 0.4) is 0 Å². The van der Waals surface area contributed by atoms with Gasteiger partial charge >= 0.3 is 0 Å². The molecule has 0 bridgehead atoms. The molecule has 8 heteroatoms. The number of amides is 1. The Morgan fingerprint density at radius 3 is 2.73 bits per heavy atom. The molecule has 0 aliphatic carbocycles. The zero-order valence-electron chi connectivity index (χ0n) is 16.8.